The number of fused-ring (bicyclic) bond motifs is 1. The molecule has 2 aromatic carbocycles. The Balaban J connectivity index is 1.46. The summed E-state index contributed by atoms with van der Waals surface area (Å²) in [6.45, 7) is 0. The van der Waals surface area contributed by atoms with Crippen molar-refractivity contribution in [2.45, 2.75) is 5.16 Å². The number of halogens is 2. The molecule has 4 aromatic rings. The molecule has 0 spiro atoms. The summed E-state index contributed by atoms with van der Waals surface area (Å²) in [5, 5.41) is 13.8. The topological polar surface area (TPSA) is 82.2 Å². The van der Waals surface area contributed by atoms with Crippen molar-refractivity contribution in [3.63, 3.8) is 0 Å². The lowest BCUT2D eigenvalue weighted by Crippen LogP contribution is -2.15. The molecule has 1 amide bonds. The van der Waals surface area contributed by atoms with Crippen molar-refractivity contribution in [3.8, 4) is 17.3 Å². The van der Waals surface area contributed by atoms with Crippen molar-refractivity contribution in [1.29, 1.82) is 0 Å². The minimum Gasteiger partial charge on any atom is -0.495 e. The molecule has 0 atom stereocenters. The van der Waals surface area contributed by atoms with Gasteiger partial charge < -0.3 is 19.0 Å². The largest absolute Gasteiger partial charge is 0.495 e. The molecular formula is C20H16Cl2N4O3S. The number of hydrogen-bond donors (Lipinski definition) is 1. The van der Waals surface area contributed by atoms with E-state index in [2.05, 4.69) is 15.5 Å². The normalized spacial score (nSPS) is 11.1. The third-order valence-corrected chi connectivity index (χ3v) is 5.79. The van der Waals surface area contributed by atoms with Gasteiger partial charge in [0.2, 0.25) is 5.91 Å². The first-order chi connectivity index (χ1) is 14.4. The van der Waals surface area contributed by atoms with E-state index in [4.69, 9.17) is 32.4 Å². The van der Waals surface area contributed by atoms with E-state index in [0.717, 1.165) is 5.39 Å². The molecule has 0 unspecified atom stereocenters. The van der Waals surface area contributed by atoms with Gasteiger partial charge in [-0.25, -0.2) is 0 Å². The maximum absolute atomic E-state index is 12.4. The van der Waals surface area contributed by atoms with Crippen molar-refractivity contribution in [3.05, 3.63) is 52.5 Å². The number of anilines is 1. The number of furan rings is 1. The van der Waals surface area contributed by atoms with Crippen molar-refractivity contribution in [2.24, 2.45) is 7.05 Å². The van der Waals surface area contributed by atoms with Gasteiger partial charge in [0.05, 0.1) is 18.6 Å². The molecule has 154 valence electrons. The van der Waals surface area contributed by atoms with Crippen LogP contribution >= 0.6 is 35.0 Å². The highest BCUT2D eigenvalue weighted by molar-refractivity contribution is 7.99. The summed E-state index contributed by atoms with van der Waals surface area (Å²) >= 11 is 13.3. The van der Waals surface area contributed by atoms with E-state index in [0.29, 0.717) is 43.8 Å². The van der Waals surface area contributed by atoms with Gasteiger partial charge in [0.25, 0.3) is 0 Å². The highest BCUT2D eigenvalue weighted by Gasteiger charge is 2.17. The Kier molecular flexibility index (Phi) is 5.90. The molecule has 4 rings (SSSR count). The minimum atomic E-state index is -0.219. The first-order valence-corrected chi connectivity index (χ1v) is 10.5. The smallest absolute Gasteiger partial charge is 0.234 e. The van der Waals surface area contributed by atoms with E-state index in [1.807, 2.05) is 25.2 Å². The highest BCUT2D eigenvalue weighted by Crippen LogP contribution is 2.31. The Bertz CT molecular complexity index is 1240. The Morgan fingerprint density at radius 1 is 1.17 bits per heavy atom. The summed E-state index contributed by atoms with van der Waals surface area (Å²) in [4.78, 5) is 12.4. The van der Waals surface area contributed by atoms with Gasteiger partial charge in [0.1, 0.15) is 11.3 Å². The zero-order chi connectivity index (χ0) is 21.3. The minimum absolute atomic E-state index is 0.136. The van der Waals surface area contributed by atoms with Crippen molar-refractivity contribution in [2.75, 3.05) is 18.2 Å². The van der Waals surface area contributed by atoms with Crippen LogP contribution in [0.2, 0.25) is 10.0 Å². The molecule has 0 radical (unpaired) electrons. The van der Waals surface area contributed by atoms with Crippen LogP contribution in [0.25, 0.3) is 22.6 Å². The number of nitrogens with zero attached hydrogens (tertiary/aromatic N) is 3. The summed E-state index contributed by atoms with van der Waals surface area (Å²) in [6.07, 6.45) is 0. The molecular weight excluding hydrogens is 447 g/mol. The van der Waals surface area contributed by atoms with Crippen LogP contribution in [0.5, 0.6) is 5.75 Å². The molecule has 1 N–H and O–H groups in total. The van der Waals surface area contributed by atoms with E-state index in [9.17, 15) is 4.79 Å². The molecule has 0 saturated carbocycles. The van der Waals surface area contributed by atoms with E-state index in [-0.39, 0.29) is 11.7 Å². The van der Waals surface area contributed by atoms with Crippen LogP contribution in [0.4, 0.5) is 5.69 Å². The van der Waals surface area contributed by atoms with Crippen LogP contribution in [-0.2, 0) is 11.8 Å². The van der Waals surface area contributed by atoms with E-state index >= 15 is 0 Å². The van der Waals surface area contributed by atoms with Gasteiger partial charge in [0, 0.05) is 22.5 Å². The van der Waals surface area contributed by atoms with Crippen LogP contribution in [0.3, 0.4) is 0 Å². The van der Waals surface area contributed by atoms with Crippen molar-refractivity contribution < 1.29 is 13.9 Å². The van der Waals surface area contributed by atoms with Crippen molar-refractivity contribution >= 4 is 57.5 Å². The van der Waals surface area contributed by atoms with Gasteiger partial charge in [-0.15, -0.1) is 10.2 Å². The number of carbonyl (C=O) groups is 1. The predicted molar refractivity (Wildman–Crippen MR) is 119 cm³/mol. The second kappa shape index (κ2) is 8.59. The summed E-state index contributed by atoms with van der Waals surface area (Å²) in [6, 6.07) is 12.3. The quantitative estimate of drug-likeness (QED) is 0.392. The molecule has 2 aromatic heterocycles. The first kappa shape index (κ1) is 20.6. The molecule has 2 heterocycles. The number of thioether (sulfide) groups is 1. The lowest BCUT2D eigenvalue weighted by molar-refractivity contribution is -0.113. The summed E-state index contributed by atoms with van der Waals surface area (Å²) in [5.74, 6) is 1.58. The molecule has 0 bridgehead atoms. The third kappa shape index (κ3) is 4.26. The molecule has 10 heteroatoms. The lowest BCUT2D eigenvalue weighted by Gasteiger charge is -2.10. The fourth-order valence-corrected chi connectivity index (χ4v) is 3.94. The van der Waals surface area contributed by atoms with E-state index < -0.39 is 0 Å². The fourth-order valence-electron chi connectivity index (χ4n) is 2.87. The first-order valence-electron chi connectivity index (χ1n) is 8.79. The molecule has 7 nitrogen and oxygen atoms in total. The number of rotatable bonds is 6. The SMILES string of the molecule is COc1ccc(Cl)cc1NC(=O)CSc1nnc(-c2cc3cc(Cl)ccc3o2)n1C. The van der Waals surface area contributed by atoms with Crippen molar-refractivity contribution in [1.82, 2.24) is 14.8 Å². The third-order valence-electron chi connectivity index (χ3n) is 4.30. The average molecular weight is 463 g/mol. The molecule has 0 fully saturated rings. The van der Waals surface area contributed by atoms with E-state index in [1.54, 1.807) is 28.8 Å². The van der Waals surface area contributed by atoms with Gasteiger partial charge in [-0.1, -0.05) is 35.0 Å². The number of ether oxygens (including phenoxy) is 1. The Morgan fingerprint density at radius 2 is 1.93 bits per heavy atom. The van der Waals surface area contributed by atoms with Gasteiger partial charge >= 0.3 is 0 Å². The number of aromatic nitrogens is 3. The molecule has 0 aliphatic heterocycles. The summed E-state index contributed by atoms with van der Waals surface area (Å²) in [5.41, 5.74) is 1.22. The summed E-state index contributed by atoms with van der Waals surface area (Å²) < 4.78 is 12.9. The number of benzene rings is 2. The Morgan fingerprint density at radius 3 is 2.73 bits per heavy atom. The number of nitrogens with one attached hydrogen (secondary N) is 1. The molecule has 30 heavy (non-hydrogen) atoms. The molecule has 0 aliphatic carbocycles. The average Bonchev–Trinajstić information content (AvgIpc) is 3.29. The van der Waals surface area contributed by atoms with Gasteiger partial charge in [-0.2, -0.15) is 0 Å². The highest BCUT2D eigenvalue weighted by atomic mass is 35.5. The van der Waals surface area contributed by atoms with Crippen LogP contribution in [0.1, 0.15) is 0 Å². The Hall–Kier alpha value is -2.68. The van der Waals surface area contributed by atoms with E-state index in [1.165, 1.54) is 18.9 Å². The lowest BCUT2D eigenvalue weighted by atomic mass is 10.2. The number of hydrogen-bond acceptors (Lipinski definition) is 6. The number of carbonyl (C=O) groups excluding carboxylic acids is 1. The molecule has 0 saturated heterocycles. The van der Waals surface area contributed by atoms with Gasteiger partial charge in [-0.05, 0) is 42.5 Å². The monoisotopic (exact) mass is 462 g/mol. The van der Waals surface area contributed by atoms with Crippen LogP contribution in [-0.4, -0.2) is 33.5 Å². The number of methoxy groups -OCH3 is 1. The fraction of sp³-hybridized carbons (Fsp3) is 0.150. The molecule has 0 aliphatic rings. The van der Waals surface area contributed by atoms with Gasteiger partial charge in [0.15, 0.2) is 16.7 Å². The standard InChI is InChI=1S/C20H16Cl2N4O3S/c1-26-19(17-8-11-7-12(21)3-5-15(11)29-17)24-25-20(26)30-10-18(27)23-14-9-13(22)4-6-16(14)28-2/h3-9H,10H2,1-2H3,(H,23,27). The zero-order valence-electron chi connectivity index (χ0n) is 16.0. The van der Waals surface area contributed by atoms with Gasteiger partial charge in [-0.3, -0.25) is 4.79 Å². The summed E-state index contributed by atoms with van der Waals surface area (Å²) in [7, 11) is 3.34. The second-order valence-corrected chi connectivity index (χ2v) is 8.15. The maximum atomic E-state index is 12.4. The Labute approximate surface area is 186 Å². The van der Waals surface area contributed by atoms with Crippen LogP contribution in [0.15, 0.2) is 52.0 Å². The second-order valence-electron chi connectivity index (χ2n) is 6.34. The predicted octanol–water partition coefficient (Wildman–Crippen LogP) is 5.27. The maximum Gasteiger partial charge on any atom is 0.234 e. The number of amides is 1. The zero-order valence-corrected chi connectivity index (χ0v) is 18.3. The van der Waals surface area contributed by atoms with Crippen LogP contribution in [0, 0.1) is 0 Å². The van der Waals surface area contributed by atoms with Crippen LogP contribution < -0.4 is 10.1 Å².